The molecule has 0 radical (unpaired) electrons. The second-order valence-corrected chi connectivity index (χ2v) is 8.26. The molecule has 4 aromatic rings. The molecular weight excluding hydrogens is 352 g/mol. The number of anilines is 3. The van der Waals surface area contributed by atoms with Gasteiger partial charge in [-0.2, -0.15) is 0 Å². The van der Waals surface area contributed by atoms with E-state index < -0.39 is 0 Å². The molecule has 0 fully saturated rings. The van der Waals surface area contributed by atoms with Crippen molar-refractivity contribution in [2.24, 2.45) is 0 Å². The van der Waals surface area contributed by atoms with Crippen LogP contribution in [-0.2, 0) is 5.41 Å². The van der Waals surface area contributed by atoms with Gasteiger partial charge in [-0.15, -0.1) is 0 Å². The van der Waals surface area contributed by atoms with E-state index in [2.05, 4.69) is 85.9 Å². The van der Waals surface area contributed by atoms with E-state index in [1.54, 1.807) is 0 Å². The largest absolute Gasteiger partial charge is 0.399 e. The number of para-hydroxylation sites is 1. The Morgan fingerprint density at radius 2 is 1.21 bits per heavy atom. The van der Waals surface area contributed by atoms with Crippen LogP contribution < -0.4 is 11.1 Å². The first-order valence-corrected chi connectivity index (χ1v) is 10.00. The summed E-state index contributed by atoms with van der Waals surface area (Å²) in [6.07, 6.45) is 0. The van der Waals surface area contributed by atoms with Gasteiger partial charge in [-0.1, -0.05) is 62.4 Å². The molecule has 0 bridgehead atoms. The zero-order valence-electron chi connectivity index (χ0n) is 16.7. The number of nitrogens with two attached hydrogens (primary N) is 1. The minimum atomic E-state index is -0.0507. The lowest BCUT2D eigenvalue weighted by atomic mass is 9.81. The van der Waals surface area contributed by atoms with Crippen molar-refractivity contribution in [1.82, 2.24) is 0 Å². The summed E-state index contributed by atoms with van der Waals surface area (Å²) >= 11 is 0. The van der Waals surface area contributed by atoms with Crippen molar-refractivity contribution >= 4 is 17.1 Å². The van der Waals surface area contributed by atoms with Gasteiger partial charge in [-0.25, -0.2) is 0 Å². The maximum absolute atomic E-state index is 6.07. The van der Waals surface area contributed by atoms with Gasteiger partial charge in [0.25, 0.3) is 0 Å². The standard InChI is InChI=1S/C27H24N2/c1-27(2)25-16-19(10-14-23(25)24-15-11-20(28)17-26(24)27)18-8-12-22(13-9-18)29-21-6-4-3-5-7-21/h3-17,29H,28H2,1-2H3. The summed E-state index contributed by atoms with van der Waals surface area (Å²) in [5, 5.41) is 3.44. The predicted octanol–water partition coefficient (Wildman–Crippen LogP) is 6.99. The molecule has 0 saturated carbocycles. The van der Waals surface area contributed by atoms with Crippen molar-refractivity contribution < 1.29 is 0 Å². The fraction of sp³-hybridized carbons (Fsp3) is 0.111. The maximum Gasteiger partial charge on any atom is 0.0384 e. The Morgan fingerprint density at radius 3 is 1.93 bits per heavy atom. The summed E-state index contributed by atoms with van der Waals surface area (Å²) in [6.45, 7) is 4.57. The number of hydrogen-bond donors (Lipinski definition) is 2. The molecule has 5 rings (SSSR count). The SMILES string of the molecule is CC1(C)c2cc(N)ccc2-c2ccc(-c3ccc(Nc4ccccc4)cc3)cc21. The molecule has 1 aliphatic rings. The molecule has 4 aromatic carbocycles. The zero-order chi connectivity index (χ0) is 20.0. The smallest absolute Gasteiger partial charge is 0.0384 e. The first-order chi connectivity index (χ1) is 14.0. The van der Waals surface area contributed by atoms with Crippen molar-refractivity contribution in [2.45, 2.75) is 19.3 Å². The molecule has 0 amide bonds. The topological polar surface area (TPSA) is 38.0 Å². The molecule has 0 aromatic heterocycles. The normalized spacial score (nSPS) is 13.6. The summed E-state index contributed by atoms with van der Waals surface area (Å²) in [5.41, 5.74) is 16.8. The third kappa shape index (κ3) is 2.98. The van der Waals surface area contributed by atoms with Crippen LogP contribution >= 0.6 is 0 Å². The lowest BCUT2D eigenvalue weighted by Gasteiger charge is -2.22. The number of nitrogens with one attached hydrogen (secondary N) is 1. The quantitative estimate of drug-likeness (QED) is 0.378. The first-order valence-electron chi connectivity index (χ1n) is 10.00. The summed E-state index contributed by atoms with van der Waals surface area (Å²) in [6, 6.07) is 32.0. The van der Waals surface area contributed by atoms with E-state index in [1.165, 1.54) is 33.4 Å². The molecule has 0 saturated heterocycles. The van der Waals surface area contributed by atoms with Gasteiger partial charge in [0.05, 0.1) is 0 Å². The Kier molecular flexibility index (Phi) is 3.95. The molecule has 142 valence electrons. The highest BCUT2D eigenvalue weighted by Gasteiger charge is 2.35. The minimum absolute atomic E-state index is 0.0507. The molecular formula is C27H24N2. The van der Waals surface area contributed by atoms with Gasteiger partial charge < -0.3 is 11.1 Å². The van der Waals surface area contributed by atoms with Crippen LogP contribution in [0.5, 0.6) is 0 Å². The molecule has 2 heteroatoms. The van der Waals surface area contributed by atoms with E-state index in [4.69, 9.17) is 5.73 Å². The van der Waals surface area contributed by atoms with E-state index in [-0.39, 0.29) is 5.41 Å². The monoisotopic (exact) mass is 376 g/mol. The van der Waals surface area contributed by atoms with Crippen LogP contribution in [0, 0.1) is 0 Å². The summed E-state index contributed by atoms with van der Waals surface area (Å²) < 4.78 is 0. The van der Waals surface area contributed by atoms with Gasteiger partial charge in [0.15, 0.2) is 0 Å². The molecule has 2 nitrogen and oxygen atoms in total. The highest BCUT2D eigenvalue weighted by atomic mass is 14.9. The Labute approximate surface area is 172 Å². The molecule has 29 heavy (non-hydrogen) atoms. The van der Waals surface area contributed by atoms with Crippen LogP contribution in [0.2, 0.25) is 0 Å². The Hall–Kier alpha value is -3.52. The van der Waals surface area contributed by atoms with E-state index in [9.17, 15) is 0 Å². The van der Waals surface area contributed by atoms with E-state index in [1.807, 2.05) is 24.3 Å². The molecule has 0 heterocycles. The number of hydrogen-bond acceptors (Lipinski definition) is 2. The van der Waals surface area contributed by atoms with Crippen LogP contribution in [0.3, 0.4) is 0 Å². The summed E-state index contributed by atoms with van der Waals surface area (Å²) in [5.74, 6) is 0. The number of rotatable bonds is 3. The van der Waals surface area contributed by atoms with Crippen LogP contribution in [0.15, 0.2) is 91.0 Å². The third-order valence-corrected chi connectivity index (χ3v) is 5.98. The van der Waals surface area contributed by atoms with E-state index >= 15 is 0 Å². The third-order valence-electron chi connectivity index (χ3n) is 5.98. The van der Waals surface area contributed by atoms with Crippen molar-refractivity contribution in [1.29, 1.82) is 0 Å². The van der Waals surface area contributed by atoms with Gasteiger partial charge in [0.2, 0.25) is 0 Å². The molecule has 0 spiro atoms. The van der Waals surface area contributed by atoms with Crippen molar-refractivity contribution in [3.8, 4) is 22.3 Å². The average Bonchev–Trinajstić information content (AvgIpc) is 2.96. The summed E-state index contributed by atoms with van der Waals surface area (Å²) in [4.78, 5) is 0. The predicted molar refractivity (Wildman–Crippen MR) is 124 cm³/mol. The summed E-state index contributed by atoms with van der Waals surface area (Å²) in [7, 11) is 0. The number of fused-ring (bicyclic) bond motifs is 3. The highest BCUT2D eigenvalue weighted by molar-refractivity contribution is 5.84. The minimum Gasteiger partial charge on any atom is -0.399 e. The van der Waals surface area contributed by atoms with Crippen molar-refractivity contribution in [3.63, 3.8) is 0 Å². The van der Waals surface area contributed by atoms with Gasteiger partial charge >= 0.3 is 0 Å². The highest BCUT2D eigenvalue weighted by Crippen LogP contribution is 2.50. The lowest BCUT2D eigenvalue weighted by Crippen LogP contribution is -2.15. The Bertz CT molecular complexity index is 1190. The van der Waals surface area contributed by atoms with Gasteiger partial charge in [0, 0.05) is 22.5 Å². The number of nitrogen functional groups attached to an aromatic ring is 1. The Morgan fingerprint density at radius 1 is 0.621 bits per heavy atom. The fourth-order valence-electron chi connectivity index (χ4n) is 4.37. The molecule has 1 aliphatic carbocycles. The molecule has 3 N–H and O–H groups in total. The molecule has 0 atom stereocenters. The van der Waals surface area contributed by atoms with Crippen LogP contribution in [0.25, 0.3) is 22.3 Å². The fourth-order valence-corrected chi connectivity index (χ4v) is 4.37. The lowest BCUT2D eigenvalue weighted by molar-refractivity contribution is 0.661. The van der Waals surface area contributed by atoms with E-state index in [0.29, 0.717) is 0 Å². The molecule has 0 unspecified atom stereocenters. The zero-order valence-corrected chi connectivity index (χ0v) is 16.7. The Balaban J connectivity index is 1.48. The second-order valence-electron chi connectivity index (χ2n) is 8.26. The van der Waals surface area contributed by atoms with Crippen molar-refractivity contribution in [3.05, 3.63) is 102 Å². The molecule has 0 aliphatic heterocycles. The van der Waals surface area contributed by atoms with Crippen molar-refractivity contribution in [2.75, 3.05) is 11.1 Å². The van der Waals surface area contributed by atoms with Gasteiger partial charge in [0.1, 0.15) is 0 Å². The van der Waals surface area contributed by atoms with Crippen LogP contribution in [0.4, 0.5) is 17.1 Å². The van der Waals surface area contributed by atoms with Crippen LogP contribution in [-0.4, -0.2) is 0 Å². The van der Waals surface area contributed by atoms with Gasteiger partial charge in [-0.05, 0) is 75.8 Å². The average molecular weight is 377 g/mol. The first kappa shape index (κ1) is 17.6. The number of benzene rings is 4. The maximum atomic E-state index is 6.07. The van der Waals surface area contributed by atoms with E-state index in [0.717, 1.165) is 17.1 Å². The van der Waals surface area contributed by atoms with Gasteiger partial charge in [-0.3, -0.25) is 0 Å². The van der Waals surface area contributed by atoms with Crippen LogP contribution in [0.1, 0.15) is 25.0 Å². The second kappa shape index (κ2) is 6.52.